The minimum absolute atomic E-state index is 0.0894. The average Bonchev–Trinajstić information content (AvgIpc) is 3.27. The number of ether oxygens (including phenoxy) is 1. The molecule has 1 amide bonds. The van der Waals surface area contributed by atoms with Crippen molar-refractivity contribution in [2.24, 2.45) is 0 Å². The second kappa shape index (κ2) is 9.50. The zero-order chi connectivity index (χ0) is 20.6. The maximum absolute atomic E-state index is 12.6. The third-order valence-electron chi connectivity index (χ3n) is 4.34. The number of hydrogen-bond donors (Lipinski definition) is 1. The van der Waals surface area contributed by atoms with E-state index in [0.717, 1.165) is 11.1 Å². The maximum Gasteiger partial charge on any atom is 0.329 e. The van der Waals surface area contributed by atoms with Gasteiger partial charge in [-0.3, -0.25) is 9.59 Å². The third-order valence-corrected chi connectivity index (χ3v) is 4.34. The van der Waals surface area contributed by atoms with E-state index in [9.17, 15) is 14.4 Å². The molecule has 29 heavy (non-hydrogen) atoms. The minimum atomic E-state index is -0.958. The Kier molecular flexibility index (Phi) is 6.58. The molecular weight excluding hydrogens is 370 g/mol. The molecular formula is C23H21NO5. The number of furan rings is 1. The summed E-state index contributed by atoms with van der Waals surface area (Å²) < 4.78 is 10.3. The van der Waals surface area contributed by atoms with Gasteiger partial charge < -0.3 is 14.5 Å². The molecule has 1 atom stereocenters. The van der Waals surface area contributed by atoms with Gasteiger partial charge in [0.2, 0.25) is 0 Å². The predicted octanol–water partition coefficient (Wildman–Crippen LogP) is 3.36. The van der Waals surface area contributed by atoms with Crippen LogP contribution in [-0.4, -0.2) is 30.3 Å². The van der Waals surface area contributed by atoms with Crippen LogP contribution in [0.25, 0.3) is 0 Å². The molecule has 1 N–H and O–H groups in total. The van der Waals surface area contributed by atoms with Gasteiger partial charge in [-0.25, -0.2) is 4.79 Å². The van der Waals surface area contributed by atoms with Crippen molar-refractivity contribution in [3.05, 3.63) is 95.4 Å². The van der Waals surface area contributed by atoms with Crippen LogP contribution in [-0.2, 0) is 16.0 Å². The molecule has 0 aliphatic heterocycles. The summed E-state index contributed by atoms with van der Waals surface area (Å²) in [5.41, 5.74) is 2.34. The molecule has 6 nitrogen and oxygen atoms in total. The number of esters is 1. The van der Waals surface area contributed by atoms with Gasteiger partial charge in [0.05, 0.1) is 6.26 Å². The predicted molar refractivity (Wildman–Crippen MR) is 107 cm³/mol. The number of Topliss-reactive ketones (excluding diaryl/α,β-unsaturated/α-hetero) is 1. The Balaban J connectivity index is 1.66. The highest BCUT2D eigenvalue weighted by molar-refractivity contribution is 5.99. The topological polar surface area (TPSA) is 85.6 Å². The van der Waals surface area contributed by atoms with E-state index in [1.54, 1.807) is 18.2 Å². The number of aryl methyl sites for hydroxylation is 1. The lowest BCUT2D eigenvalue weighted by molar-refractivity contribution is -0.144. The zero-order valence-corrected chi connectivity index (χ0v) is 16.0. The monoisotopic (exact) mass is 391 g/mol. The van der Waals surface area contributed by atoms with Gasteiger partial charge >= 0.3 is 5.97 Å². The summed E-state index contributed by atoms with van der Waals surface area (Å²) in [6, 6.07) is 18.4. The van der Waals surface area contributed by atoms with E-state index in [2.05, 4.69) is 5.32 Å². The van der Waals surface area contributed by atoms with E-state index in [0.29, 0.717) is 5.56 Å². The zero-order valence-electron chi connectivity index (χ0n) is 16.0. The summed E-state index contributed by atoms with van der Waals surface area (Å²) in [6.45, 7) is 1.52. The van der Waals surface area contributed by atoms with Gasteiger partial charge in [-0.15, -0.1) is 0 Å². The summed E-state index contributed by atoms with van der Waals surface area (Å²) in [4.78, 5) is 37.2. The molecule has 0 radical (unpaired) electrons. The molecule has 148 valence electrons. The second-order valence-electron chi connectivity index (χ2n) is 6.59. The highest BCUT2D eigenvalue weighted by Crippen LogP contribution is 2.09. The van der Waals surface area contributed by atoms with Gasteiger partial charge in [-0.2, -0.15) is 0 Å². The van der Waals surface area contributed by atoms with E-state index in [1.807, 2.05) is 49.4 Å². The van der Waals surface area contributed by atoms with Crippen LogP contribution in [0.4, 0.5) is 0 Å². The summed E-state index contributed by atoms with van der Waals surface area (Å²) in [6.07, 6.45) is 1.60. The minimum Gasteiger partial charge on any atom is -0.459 e. The molecule has 0 aliphatic carbocycles. The van der Waals surface area contributed by atoms with E-state index in [1.165, 1.54) is 12.3 Å². The fourth-order valence-electron chi connectivity index (χ4n) is 2.74. The first-order chi connectivity index (χ1) is 14.0. The fraction of sp³-hybridized carbons (Fsp3) is 0.174. The Labute approximate surface area is 168 Å². The highest BCUT2D eigenvalue weighted by Gasteiger charge is 2.25. The quantitative estimate of drug-likeness (QED) is 0.470. The van der Waals surface area contributed by atoms with Crippen LogP contribution in [0.1, 0.15) is 32.0 Å². The van der Waals surface area contributed by atoms with Gasteiger partial charge in [0, 0.05) is 12.0 Å². The summed E-state index contributed by atoms with van der Waals surface area (Å²) in [7, 11) is 0. The van der Waals surface area contributed by atoms with Gasteiger partial charge in [0.15, 0.2) is 18.2 Å². The van der Waals surface area contributed by atoms with Gasteiger partial charge in [-0.05, 0) is 24.6 Å². The van der Waals surface area contributed by atoms with Crippen molar-refractivity contribution in [3.63, 3.8) is 0 Å². The molecule has 0 saturated heterocycles. The van der Waals surface area contributed by atoms with Crippen molar-refractivity contribution >= 4 is 17.7 Å². The molecule has 0 fully saturated rings. The van der Waals surface area contributed by atoms with E-state index < -0.39 is 24.5 Å². The summed E-state index contributed by atoms with van der Waals surface area (Å²) >= 11 is 0. The standard InChI is InChI=1S/C23H21NO5/c1-16-9-11-18(12-10-16)20(25)15-29-23(27)19(14-17-6-3-2-4-7-17)24-22(26)21-8-5-13-28-21/h2-13,19H,14-15H2,1H3,(H,24,26). The van der Waals surface area contributed by atoms with Crippen molar-refractivity contribution in [1.82, 2.24) is 5.32 Å². The van der Waals surface area contributed by atoms with Gasteiger partial charge in [-0.1, -0.05) is 60.2 Å². The molecule has 2 aromatic carbocycles. The first-order valence-electron chi connectivity index (χ1n) is 9.18. The number of carbonyl (C=O) groups excluding carboxylic acids is 3. The van der Waals surface area contributed by atoms with Crippen molar-refractivity contribution in [1.29, 1.82) is 0 Å². The highest BCUT2D eigenvalue weighted by atomic mass is 16.5. The van der Waals surface area contributed by atoms with Crippen molar-refractivity contribution in [3.8, 4) is 0 Å². The maximum atomic E-state index is 12.6. The van der Waals surface area contributed by atoms with Crippen molar-refractivity contribution < 1.29 is 23.5 Å². The lowest BCUT2D eigenvalue weighted by atomic mass is 10.1. The number of hydrogen-bond acceptors (Lipinski definition) is 5. The molecule has 0 aliphatic rings. The molecule has 0 saturated carbocycles. The van der Waals surface area contributed by atoms with Crippen molar-refractivity contribution in [2.75, 3.05) is 6.61 Å². The summed E-state index contributed by atoms with van der Waals surface area (Å²) in [5, 5.41) is 2.62. The van der Waals surface area contributed by atoms with Crippen LogP contribution in [0.5, 0.6) is 0 Å². The van der Waals surface area contributed by atoms with E-state index in [-0.39, 0.29) is 18.0 Å². The van der Waals surface area contributed by atoms with Gasteiger partial charge in [0.25, 0.3) is 5.91 Å². The first-order valence-corrected chi connectivity index (χ1v) is 9.18. The van der Waals surface area contributed by atoms with Crippen LogP contribution in [0.2, 0.25) is 0 Å². The normalized spacial score (nSPS) is 11.5. The number of ketones is 1. The van der Waals surface area contributed by atoms with Crippen LogP contribution >= 0.6 is 0 Å². The smallest absolute Gasteiger partial charge is 0.329 e. The molecule has 0 spiro atoms. The molecule has 1 heterocycles. The van der Waals surface area contributed by atoms with E-state index >= 15 is 0 Å². The number of benzene rings is 2. The number of rotatable bonds is 8. The third kappa shape index (κ3) is 5.65. The van der Waals surface area contributed by atoms with Crippen LogP contribution in [0.15, 0.2) is 77.4 Å². The Morgan fingerprint density at radius 3 is 2.34 bits per heavy atom. The molecule has 3 aromatic rings. The SMILES string of the molecule is Cc1ccc(C(=O)COC(=O)C(Cc2ccccc2)NC(=O)c2ccco2)cc1. The lowest BCUT2D eigenvalue weighted by Crippen LogP contribution is -2.43. The number of carbonyl (C=O) groups is 3. The number of amides is 1. The van der Waals surface area contributed by atoms with Gasteiger partial charge in [0.1, 0.15) is 6.04 Å². The second-order valence-corrected chi connectivity index (χ2v) is 6.59. The van der Waals surface area contributed by atoms with Crippen LogP contribution < -0.4 is 5.32 Å². The summed E-state index contributed by atoms with van der Waals surface area (Å²) in [5.74, 6) is -1.44. The Hall–Kier alpha value is -3.67. The number of nitrogens with one attached hydrogen (secondary N) is 1. The average molecular weight is 391 g/mol. The van der Waals surface area contributed by atoms with Crippen molar-refractivity contribution in [2.45, 2.75) is 19.4 Å². The molecule has 3 rings (SSSR count). The Morgan fingerprint density at radius 1 is 0.966 bits per heavy atom. The van der Waals surface area contributed by atoms with Crippen LogP contribution in [0.3, 0.4) is 0 Å². The first kappa shape index (κ1) is 20.1. The van der Waals surface area contributed by atoms with Crippen LogP contribution in [0, 0.1) is 6.92 Å². The Morgan fingerprint density at radius 2 is 1.69 bits per heavy atom. The largest absolute Gasteiger partial charge is 0.459 e. The Bertz CT molecular complexity index is 962. The fourth-order valence-corrected chi connectivity index (χ4v) is 2.74. The van der Waals surface area contributed by atoms with E-state index in [4.69, 9.17) is 9.15 Å². The molecule has 0 bridgehead atoms. The molecule has 1 aromatic heterocycles. The molecule has 6 heteroatoms. The molecule has 1 unspecified atom stereocenters. The lowest BCUT2D eigenvalue weighted by Gasteiger charge is -2.17.